The van der Waals surface area contributed by atoms with E-state index >= 15 is 0 Å². The van der Waals surface area contributed by atoms with Crippen LogP contribution in [0.15, 0.2) is 40.5 Å². The smallest absolute Gasteiger partial charge is 0.177 e. The number of hydrogen-bond donors (Lipinski definition) is 0. The van der Waals surface area contributed by atoms with E-state index < -0.39 is 18.7 Å². The molecule has 4 nitrogen and oxygen atoms in total. The second kappa shape index (κ2) is 5.37. The minimum Gasteiger partial charge on any atom is -0.177 e. The molecule has 17 heavy (non-hydrogen) atoms. The maximum Gasteiger partial charge on any atom is 0.252 e. The van der Waals surface area contributed by atoms with E-state index in [0.29, 0.717) is 16.5 Å². The topological polar surface area (TPSA) is 58.9 Å². The molecule has 0 N–H and O–H groups in total. The fourth-order valence-corrected chi connectivity index (χ4v) is 4.61. The predicted octanol–water partition coefficient (Wildman–Crippen LogP) is 1.97. The van der Waals surface area contributed by atoms with Crippen molar-refractivity contribution in [3.05, 3.63) is 35.9 Å². The molecule has 6 heteroatoms. The summed E-state index contributed by atoms with van der Waals surface area (Å²) in [4.78, 5) is 0. The summed E-state index contributed by atoms with van der Waals surface area (Å²) in [6, 6.07) is 9.33. The first-order valence-corrected chi connectivity index (χ1v) is 8.09. The van der Waals surface area contributed by atoms with Crippen molar-refractivity contribution in [1.82, 2.24) is 0 Å². The normalized spacial score (nSPS) is 18.8. The van der Waals surface area contributed by atoms with E-state index in [1.54, 1.807) is 0 Å². The molecule has 0 amide bonds. The van der Waals surface area contributed by atoms with Gasteiger partial charge in [0, 0.05) is 15.0 Å². The van der Waals surface area contributed by atoms with Gasteiger partial charge in [0.05, 0.1) is 0 Å². The Kier molecular flexibility index (Phi) is 3.86. The Hall–Kier alpha value is -1.27. The van der Waals surface area contributed by atoms with Gasteiger partial charge in [-0.15, -0.1) is 10.2 Å². The molecular formula is C11H12N2O2S2. The fraction of sp³-hybridized carbons (Fsp3) is 0.273. The van der Waals surface area contributed by atoms with Crippen molar-refractivity contribution in [1.29, 1.82) is 0 Å². The van der Waals surface area contributed by atoms with Crippen LogP contribution in [0.25, 0.3) is 0 Å². The number of rotatable bonds is 3. The number of hydrogen-bond acceptors (Lipinski definition) is 4. The molecule has 1 aromatic rings. The van der Waals surface area contributed by atoms with E-state index in [2.05, 4.69) is 10.2 Å². The van der Waals surface area contributed by atoms with Crippen LogP contribution >= 0.6 is 0 Å². The minimum absolute atomic E-state index is 0.558. The van der Waals surface area contributed by atoms with Crippen LogP contribution in [0, 0.1) is 0 Å². The summed E-state index contributed by atoms with van der Waals surface area (Å²) >= 11 is 0. The molecule has 0 bridgehead atoms. The largest absolute Gasteiger partial charge is 0.252 e. The summed E-state index contributed by atoms with van der Waals surface area (Å²) in [5.41, 5.74) is 0.829. The SMILES string of the molecule is CCCC1=NN=C(c2ccccc2)S1=S(=O)=O. The van der Waals surface area contributed by atoms with Gasteiger partial charge < -0.3 is 0 Å². The molecule has 0 radical (unpaired) electrons. The Morgan fingerprint density at radius 3 is 2.47 bits per heavy atom. The van der Waals surface area contributed by atoms with Gasteiger partial charge in [-0.05, 0) is 12.8 Å². The average molecular weight is 268 g/mol. The standard InChI is InChI=1S/C11H12N2O2S2/c1-2-6-10-12-13-11(16(10)17(14)15)9-7-4-3-5-8-9/h3-5,7-8H,2,6H2,1H3. The molecule has 1 unspecified atom stereocenters. The summed E-state index contributed by atoms with van der Waals surface area (Å²) in [6.45, 7) is 2.00. The zero-order valence-electron chi connectivity index (χ0n) is 9.33. The first-order valence-electron chi connectivity index (χ1n) is 5.28. The van der Waals surface area contributed by atoms with Crippen molar-refractivity contribution in [2.45, 2.75) is 19.8 Å². The molecule has 1 aliphatic heterocycles. The van der Waals surface area contributed by atoms with Crippen LogP contribution in [0.3, 0.4) is 0 Å². The lowest BCUT2D eigenvalue weighted by Gasteiger charge is -2.02. The van der Waals surface area contributed by atoms with E-state index in [9.17, 15) is 8.42 Å². The molecule has 90 valence electrons. The van der Waals surface area contributed by atoms with Gasteiger partial charge in [0.1, 0.15) is 10.1 Å². The van der Waals surface area contributed by atoms with Crippen LogP contribution < -0.4 is 0 Å². The molecule has 1 aromatic carbocycles. The maximum atomic E-state index is 11.3. The highest BCUT2D eigenvalue weighted by Gasteiger charge is 2.22. The molecule has 1 atom stereocenters. The van der Waals surface area contributed by atoms with Crippen LogP contribution in [-0.2, 0) is 18.7 Å². The third-order valence-electron chi connectivity index (χ3n) is 2.26. The summed E-state index contributed by atoms with van der Waals surface area (Å²) in [5, 5.41) is 9.27. The molecular weight excluding hydrogens is 256 g/mol. The van der Waals surface area contributed by atoms with E-state index in [-0.39, 0.29) is 0 Å². The fourth-order valence-electron chi connectivity index (χ4n) is 1.53. The highest BCUT2D eigenvalue weighted by Crippen LogP contribution is 2.16. The second-order valence-corrected chi connectivity index (χ2v) is 7.11. The molecule has 0 spiro atoms. The van der Waals surface area contributed by atoms with Gasteiger partial charge in [0.2, 0.25) is 0 Å². The lowest BCUT2D eigenvalue weighted by Crippen LogP contribution is -2.14. The summed E-state index contributed by atoms with van der Waals surface area (Å²) < 4.78 is 22.6. The zero-order valence-corrected chi connectivity index (χ0v) is 11.0. The van der Waals surface area contributed by atoms with Crippen molar-refractivity contribution >= 4 is 28.8 Å². The van der Waals surface area contributed by atoms with Gasteiger partial charge in [-0.1, -0.05) is 37.3 Å². The van der Waals surface area contributed by atoms with Crippen molar-refractivity contribution < 1.29 is 8.42 Å². The van der Waals surface area contributed by atoms with Crippen molar-refractivity contribution in [2.24, 2.45) is 10.2 Å². The van der Waals surface area contributed by atoms with Gasteiger partial charge in [-0.3, -0.25) is 0 Å². The molecule has 0 saturated heterocycles. The molecule has 2 rings (SSSR count). The zero-order chi connectivity index (χ0) is 12.3. The van der Waals surface area contributed by atoms with Gasteiger partial charge >= 0.3 is 0 Å². The Balaban J connectivity index is 2.45. The van der Waals surface area contributed by atoms with E-state index in [1.807, 2.05) is 37.3 Å². The number of benzene rings is 1. The molecule has 0 saturated carbocycles. The Labute approximate surface area is 103 Å². The number of nitrogens with zero attached hydrogens (tertiary/aromatic N) is 2. The molecule has 0 aromatic heterocycles. The van der Waals surface area contributed by atoms with Crippen molar-refractivity contribution in [3.8, 4) is 0 Å². The van der Waals surface area contributed by atoms with E-state index in [0.717, 1.165) is 12.0 Å². The Morgan fingerprint density at radius 2 is 1.88 bits per heavy atom. The first-order chi connectivity index (χ1) is 8.24. The highest BCUT2D eigenvalue weighted by atomic mass is 32.9. The molecule has 0 fully saturated rings. The highest BCUT2D eigenvalue weighted by molar-refractivity contribution is 8.49. The van der Waals surface area contributed by atoms with Crippen molar-refractivity contribution in [2.75, 3.05) is 0 Å². The first kappa shape index (κ1) is 12.2. The summed E-state index contributed by atoms with van der Waals surface area (Å²) in [6.07, 6.45) is 1.55. The minimum atomic E-state index is -2.19. The lowest BCUT2D eigenvalue weighted by molar-refractivity contribution is 0.628. The lowest BCUT2D eigenvalue weighted by atomic mass is 10.2. The molecule has 0 aliphatic carbocycles. The summed E-state index contributed by atoms with van der Waals surface area (Å²) in [5.74, 6) is 0. The average Bonchev–Trinajstić information content (AvgIpc) is 2.74. The molecule has 1 aliphatic rings. The Morgan fingerprint density at radius 1 is 1.18 bits per heavy atom. The second-order valence-electron chi connectivity index (χ2n) is 3.49. The van der Waals surface area contributed by atoms with Gasteiger partial charge in [-0.25, -0.2) is 0 Å². The van der Waals surface area contributed by atoms with Crippen LogP contribution in [0.2, 0.25) is 0 Å². The van der Waals surface area contributed by atoms with Crippen LogP contribution in [0.1, 0.15) is 25.3 Å². The van der Waals surface area contributed by atoms with Gasteiger partial charge in [0.25, 0.3) is 9.26 Å². The maximum absolute atomic E-state index is 11.3. The quantitative estimate of drug-likeness (QED) is 0.841. The third kappa shape index (κ3) is 2.53. The molecule has 1 heterocycles. The van der Waals surface area contributed by atoms with Gasteiger partial charge in [-0.2, -0.15) is 8.42 Å². The van der Waals surface area contributed by atoms with Crippen LogP contribution in [0.4, 0.5) is 0 Å². The Bertz CT molecular complexity index is 608. The predicted molar refractivity (Wildman–Crippen MR) is 71.6 cm³/mol. The monoisotopic (exact) mass is 268 g/mol. The van der Waals surface area contributed by atoms with Crippen LogP contribution in [-0.4, -0.2) is 18.5 Å². The van der Waals surface area contributed by atoms with Gasteiger partial charge in [0.15, 0.2) is 0 Å². The summed E-state index contributed by atoms with van der Waals surface area (Å²) in [7, 11) is -3.18. The van der Waals surface area contributed by atoms with Crippen LogP contribution in [0.5, 0.6) is 0 Å². The van der Waals surface area contributed by atoms with E-state index in [4.69, 9.17) is 0 Å². The van der Waals surface area contributed by atoms with E-state index in [1.165, 1.54) is 0 Å². The third-order valence-corrected chi connectivity index (χ3v) is 5.78. The van der Waals surface area contributed by atoms with Crippen molar-refractivity contribution in [3.63, 3.8) is 0 Å².